The summed E-state index contributed by atoms with van der Waals surface area (Å²) in [5, 5.41) is 8.90. The molecule has 2 atom stereocenters. The average molecular weight is 227 g/mol. The van der Waals surface area contributed by atoms with Crippen molar-refractivity contribution in [2.75, 3.05) is 6.54 Å². The zero-order valence-electron chi connectivity index (χ0n) is 9.28. The first-order chi connectivity index (χ1) is 8.24. The number of rotatable bonds is 2. The molecule has 0 saturated carbocycles. The largest absolute Gasteiger partial charge is 0.318 e. The Morgan fingerprint density at radius 2 is 2.18 bits per heavy atom. The fraction of sp³-hybridized carbons (Fsp3) is 0.231. The molecule has 0 aromatic heterocycles. The molecule has 0 aliphatic carbocycles. The molecule has 1 aromatic rings. The predicted octanol–water partition coefficient (Wildman–Crippen LogP) is 0.977. The van der Waals surface area contributed by atoms with Crippen molar-refractivity contribution in [2.24, 2.45) is 5.73 Å². The predicted molar refractivity (Wildman–Crippen MR) is 63.6 cm³/mol. The van der Waals surface area contributed by atoms with Crippen molar-refractivity contribution in [1.82, 2.24) is 4.90 Å². The number of nitrogens with zero attached hydrogens (tertiary/aromatic N) is 2. The highest BCUT2D eigenvalue weighted by atomic mass is 16.2. The van der Waals surface area contributed by atoms with Crippen molar-refractivity contribution < 1.29 is 4.79 Å². The van der Waals surface area contributed by atoms with E-state index in [0.717, 1.165) is 5.56 Å². The summed E-state index contributed by atoms with van der Waals surface area (Å²) in [6, 6.07) is 10.1. The van der Waals surface area contributed by atoms with E-state index in [1.807, 2.05) is 36.4 Å². The lowest BCUT2D eigenvalue weighted by atomic mass is 10.1. The summed E-state index contributed by atoms with van der Waals surface area (Å²) in [4.78, 5) is 13.6. The summed E-state index contributed by atoms with van der Waals surface area (Å²) < 4.78 is 0. The van der Waals surface area contributed by atoms with Crippen LogP contribution >= 0.6 is 0 Å². The van der Waals surface area contributed by atoms with E-state index in [1.54, 1.807) is 6.08 Å². The van der Waals surface area contributed by atoms with Gasteiger partial charge in [0.05, 0.1) is 6.07 Å². The van der Waals surface area contributed by atoms with Crippen LogP contribution in [0.5, 0.6) is 0 Å². The van der Waals surface area contributed by atoms with Gasteiger partial charge >= 0.3 is 0 Å². The monoisotopic (exact) mass is 227 g/mol. The number of carbonyl (C=O) groups is 1. The molecule has 0 radical (unpaired) electrons. The topological polar surface area (TPSA) is 70.1 Å². The Labute approximate surface area is 99.9 Å². The zero-order valence-corrected chi connectivity index (χ0v) is 9.28. The van der Waals surface area contributed by atoms with Crippen LogP contribution < -0.4 is 5.73 Å². The molecule has 1 heterocycles. The van der Waals surface area contributed by atoms with Gasteiger partial charge in [0.2, 0.25) is 5.91 Å². The number of benzene rings is 1. The first-order valence-electron chi connectivity index (χ1n) is 5.41. The van der Waals surface area contributed by atoms with E-state index in [2.05, 4.69) is 6.07 Å². The van der Waals surface area contributed by atoms with Crippen LogP contribution in [-0.4, -0.2) is 23.4 Å². The smallest absolute Gasteiger partial charge is 0.245 e. The molecule has 1 aliphatic heterocycles. The molecular formula is C13H13N3O. The summed E-state index contributed by atoms with van der Waals surface area (Å²) in [6.45, 7) is 0.456. The molecule has 4 heteroatoms. The molecule has 1 aromatic carbocycles. The minimum Gasteiger partial charge on any atom is -0.318 e. The van der Waals surface area contributed by atoms with Crippen LogP contribution in [0.2, 0.25) is 0 Å². The summed E-state index contributed by atoms with van der Waals surface area (Å²) >= 11 is 0. The van der Waals surface area contributed by atoms with Crippen molar-refractivity contribution in [3.8, 4) is 6.07 Å². The molecule has 1 amide bonds. The fourth-order valence-corrected chi connectivity index (χ4v) is 1.84. The lowest BCUT2D eigenvalue weighted by molar-refractivity contribution is -0.132. The van der Waals surface area contributed by atoms with E-state index < -0.39 is 12.1 Å². The van der Waals surface area contributed by atoms with Gasteiger partial charge in [0, 0.05) is 6.54 Å². The van der Waals surface area contributed by atoms with Gasteiger partial charge in [0.1, 0.15) is 12.1 Å². The first kappa shape index (κ1) is 11.4. The molecule has 1 aliphatic rings. The molecule has 2 unspecified atom stereocenters. The van der Waals surface area contributed by atoms with Gasteiger partial charge in [-0.05, 0) is 11.6 Å². The van der Waals surface area contributed by atoms with Crippen molar-refractivity contribution in [3.05, 3.63) is 48.0 Å². The number of hydrogen-bond donors (Lipinski definition) is 1. The second kappa shape index (κ2) is 4.81. The van der Waals surface area contributed by atoms with Crippen LogP contribution in [0, 0.1) is 11.3 Å². The second-order valence-electron chi connectivity index (χ2n) is 3.88. The highest BCUT2D eigenvalue weighted by molar-refractivity contribution is 5.84. The molecule has 4 nitrogen and oxygen atoms in total. The Morgan fingerprint density at radius 3 is 2.82 bits per heavy atom. The van der Waals surface area contributed by atoms with Crippen LogP contribution in [0.25, 0.3) is 0 Å². The van der Waals surface area contributed by atoms with E-state index in [1.165, 1.54) is 4.90 Å². The van der Waals surface area contributed by atoms with Gasteiger partial charge < -0.3 is 10.6 Å². The summed E-state index contributed by atoms with van der Waals surface area (Å²) in [5.74, 6) is -0.215. The second-order valence-corrected chi connectivity index (χ2v) is 3.88. The van der Waals surface area contributed by atoms with Crippen molar-refractivity contribution in [3.63, 3.8) is 0 Å². The minimum atomic E-state index is -0.702. The third-order valence-corrected chi connectivity index (χ3v) is 2.80. The zero-order chi connectivity index (χ0) is 12.3. The maximum Gasteiger partial charge on any atom is 0.245 e. The lowest BCUT2D eigenvalue weighted by Crippen LogP contribution is -2.41. The molecule has 0 bridgehead atoms. The molecular weight excluding hydrogens is 214 g/mol. The highest BCUT2D eigenvalue weighted by Crippen LogP contribution is 2.17. The third kappa shape index (κ3) is 2.19. The normalized spacial score (nSPS) is 20.0. The molecule has 17 heavy (non-hydrogen) atoms. The Kier molecular flexibility index (Phi) is 3.22. The fourth-order valence-electron chi connectivity index (χ4n) is 1.84. The highest BCUT2D eigenvalue weighted by Gasteiger charge is 2.28. The minimum absolute atomic E-state index is 0.215. The van der Waals surface area contributed by atoms with E-state index in [0.29, 0.717) is 6.54 Å². The van der Waals surface area contributed by atoms with Crippen LogP contribution in [-0.2, 0) is 4.79 Å². The van der Waals surface area contributed by atoms with E-state index >= 15 is 0 Å². The Balaban J connectivity index is 2.14. The van der Waals surface area contributed by atoms with E-state index in [-0.39, 0.29) is 5.91 Å². The van der Waals surface area contributed by atoms with Gasteiger partial charge in [-0.25, -0.2) is 0 Å². The maximum absolute atomic E-state index is 12.1. The molecule has 0 spiro atoms. The Hall–Kier alpha value is -2.12. The quantitative estimate of drug-likeness (QED) is 0.765. The van der Waals surface area contributed by atoms with Gasteiger partial charge in [-0.1, -0.05) is 36.4 Å². The van der Waals surface area contributed by atoms with Crippen molar-refractivity contribution >= 4 is 5.91 Å². The molecule has 0 saturated heterocycles. The number of carbonyl (C=O) groups excluding carboxylic acids is 1. The standard InChI is InChI=1S/C13H13N3O/c14-9-11-7-4-8-16(11)13(17)12(15)10-5-2-1-3-6-10/h1-7,11-12H,8,15H2. The summed E-state index contributed by atoms with van der Waals surface area (Å²) in [5.41, 5.74) is 6.67. The van der Waals surface area contributed by atoms with Crippen molar-refractivity contribution in [2.45, 2.75) is 12.1 Å². The summed E-state index contributed by atoms with van der Waals surface area (Å²) in [6.07, 6.45) is 3.53. The molecule has 2 N–H and O–H groups in total. The van der Waals surface area contributed by atoms with Gasteiger partial charge in [0.25, 0.3) is 0 Å². The van der Waals surface area contributed by atoms with Crippen molar-refractivity contribution in [1.29, 1.82) is 5.26 Å². The Morgan fingerprint density at radius 1 is 1.47 bits per heavy atom. The maximum atomic E-state index is 12.1. The molecule has 86 valence electrons. The lowest BCUT2D eigenvalue weighted by Gasteiger charge is -2.23. The Bertz CT molecular complexity index is 475. The van der Waals surface area contributed by atoms with Crippen LogP contribution in [0.3, 0.4) is 0 Å². The van der Waals surface area contributed by atoms with Gasteiger partial charge in [-0.15, -0.1) is 0 Å². The van der Waals surface area contributed by atoms with E-state index in [9.17, 15) is 4.79 Å². The number of hydrogen-bond acceptors (Lipinski definition) is 3. The molecule has 0 fully saturated rings. The van der Waals surface area contributed by atoms with Crippen LogP contribution in [0.15, 0.2) is 42.5 Å². The average Bonchev–Trinajstić information content (AvgIpc) is 2.86. The van der Waals surface area contributed by atoms with Crippen LogP contribution in [0.1, 0.15) is 11.6 Å². The van der Waals surface area contributed by atoms with Crippen LogP contribution in [0.4, 0.5) is 0 Å². The third-order valence-electron chi connectivity index (χ3n) is 2.80. The van der Waals surface area contributed by atoms with Gasteiger partial charge in [-0.3, -0.25) is 4.79 Å². The number of amides is 1. The van der Waals surface area contributed by atoms with E-state index in [4.69, 9.17) is 11.0 Å². The molecule has 2 rings (SSSR count). The number of nitriles is 1. The first-order valence-corrected chi connectivity index (χ1v) is 5.41. The van der Waals surface area contributed by atoms with Gasteiger partial charge in [0.15, 0.2) is 0 Å². The van der Waals surface area contributed by atoms with Gasteiger partial charge in [-0.2, -0.15) is 5.26 Å². The summed E-state index contributed by atoms with van der Waals surface area (Å²) in [7, 11) is 0. The SMILES string of the molecule is N#CC1C=CCN1C(=O)C(N)c1ccccc1. The number of nitrogens with two attached hydrogens (primary N) is 1.